The third-order valence-corrected chi connectivity index (χ3v) is 3.53. The lowest BCUT2D eigenvalue weighted by molar-refractivity contribution is 0.242. The normalized spacial score (nSPS) is 12.1. The topological polar surface area (TPSA) is 82.2 Å². The Bertz CT molecular complexity index is 601. The molecule has 6 heteroatoms. The lowest BCUT2D eigenvalue weighted by atomic mass is 10.2. The Hall–Kier alpha value is -1.37. The third-order valence-electron chi connectivity index (χ3n) is 2.22. The molecule has 0 aliphatic carbocycles. The van der Waals surface area contributed by atoms with E-state index in [0.29, 0.717) is 11.1 Å². The fourth-order valence-electron chi connectivity index (χ4n) is 1.64. The minimum Gasteiger partial charge on any atom is -0.357 e. The van der Waals surface area contributed by atoms with E-state index in [1.807, 2.05) is 0 Å². The van der Waals surface area contributed by atoms with Crippen LogP contribution in [0.3, 0.4) is 0 Å². The summed E-state index contributed by atoms with van der Waals surface area (Å²) in [4.78, 5) is 4.35. The van der Waals surface area contributed by atoms with Crippen LogP contribution in [0.5, 0.6) is 0 Å². The van der Waals surface area contributed by atoms with Crippen LogP contribution in [0.1, 0.15) is 5.69 Å². The molecule has 0 saturated heterocycles. The molecule has 1 heterocycles. The fourth-order valence-corrected chi connectivity index (χ4v) is 2.66. The number of benzene rings is 1. The Kier molecular flexibility index (Phi) is 2.26. The van der Waals surface area contributed by atoms with E-state index < -0.39 is 10.0 Å². The zero-order valence-electron chi connectivity index (χ0n) is 7.98. The monoisotopic (exact) mass is 226 g/mol. The van der Waals surface area contributed by atoms with Gasteiger partial charge in [-0.2, -0.15) is 0 Å². The molecular formula is C9H10N2O3S. The quantitative estimate of drug-likeness (QED) is 0.672. The van der Waals surface area contributed by atoms with Gasteiger partial charge in [-0.05, 0) is 13.0 Å². The molecule has 0 atom stereocenters. The van der Waals surface area contributed by atoms with Gasteiger partial charge in [0.05, 0.1) is 0 Å². The second-order valence-corrected chi connectivity index (χ2v) is 4.82. The van der Waals surface area contributed by atoms with E-state index in [1.54, 1.807) is 31.2 Å². The van der Waals surface area contributed by atoms with Gasteiger partial charge in [-0.25, -0.2) is 8.42 Å². The van der Waals surface area contributed by atoms with Crippen LogP contribution in [0.15, 0.2) is 29.2 Å². The third kappa shape index (κ3) is 1.52. The summed E-state index contributed by atoms with van der Waals surface area (Å²) in [5.74, 6) is 0. The second kappa shape index (κ2) is 3.34. The van der Waals surface area contributed by atoms with Gasteiger partial charge < -0.3 is 10.2 Å². The number of nitrogens with one attached hydrogen (secondary N) is 2. The summed E-state index contributed by atoms with van der Waals surface area (Å²) in [6.45, 7) is 1.64. The number of para-hydroxylation sites is 1. The van der Waals surface area contributed by atoms with Gasteiger partial charge in [0.15, 0.2) is 0 Å². The van der Waals surface area contributed by atoms with Gasteiger partial charge in [0.1, 0.15) is 4.90 Å². The Labute approximate surface area is 86.7 Å². The number of H-pyrrole nitrogens is 1. The van der Waals surface area contributed by atoms with Crippen LogP contribution in [0.2, 0.25) is 0 Å². The van der Waals surface area contributed by atoms with Crippen LogP contribution in [-0.4, -0.2) is 18.6 Å². The Morgan fingerprint density at radius 2 is 2.00 bits per heavy atom. The summed E-state index contributed by atoms with van der Waals surface area (Å²) in [6.07, 6.45) is 0. The number of aromatic nitrogens is 1. The summed E-state index contributed by atoms with van der Waals surface area (Å²) in [7, 11) is -3.84. The highest BCUT2D eigenvalue weighted by atomic mass is 32.2. The molecule has 0 unspecified atom stereocenters. The molecule has 0 fully saturated rings. The van der Waals surface area contributed by atoms with E-state index in [0.717, 1.165) is 5.52 Å². The zero-order chi connectivity index (χ0) is 11.1. The van der Waals surface area contributed by atoms with Crippen molar-refractivity contribution in [1.29, 1.82) is 0 Å². The van der Waals surface area contributed by atoms with E-state index >= 15 is 0 Å². The maximum Gasteiger partial charge on any atom is 0.264 e. The average Bonchev–Trinajstić information content (AvgIpc) is 2.54. The van der Waals surface area contributed by atoms with E-state index in [2.05, 4.69) is 4.98 Å². The van der Waals surface area contributed by atoms with Crippen molar-refractivity contribution in [3.05, 3.63) is 30.0 Å². The van der Waals surface area contributed by atoms with Crippen LogP contribution in [0.4, 0.5) is 0 Å². The van der Waals surface area contributed by atoms with Crippen molar-refractivity contribution in [3.8, 4) is 0 Å². The smallest absolute Gasteiger partial charge is 0.264 e. The van der Waals surface area contributed by atoms with Gasteiger partial charge in [0, 0.05) is 16.6 Å². The molecule has 0 saturated carbocycles. The molecule has 15 heavy (non-hydrogen) atoms. The molecule has 0 radical (unpaired) electrons. The molecule has 0 aliphatic heterocycles. The molecule has 0 spiro atoms. The minimum absolute atomic E-state index is 0.0839. The zero-order valence-corrected chi connectivity index (χ0v) is 8.80. The molecule has 0 bridgehead atoms. The molecule has 2 aromatic rings. The number of rotatable bonds is 2. The molecule has 3 N–H and O–H groups in total. The van der Waals surface area contributed by atoms with Crippen molar-refractivity contribution < 1.29 is 13.6 Å². The maximum atomic E-state index is 11.5. The van der Waals surface area contributed by atoms with E-state index in [-0.39, 0.29) is 4.90 Å². The number of hydrogen-bond donors (Lipinski definition) is 3. The summed E-state index contributed by atoms with van der Waals surface area (Å²) >= 11 is 0. The van der Waals surface area contributed by atoms with E-state index in [9.17, 15) is 8.42 Å². The van der Waals surface area contributed by atoms with Gasteiger partial charge in [-0.3, -0.25) is 0 Å². The predicted octanol–water partition coefficient (Wildman–Crippen LogP) is 1.14. The van der Waals surface area contributed by atoms with Crippen LogP contribution >= 0.6 is 0 Å². The van der Waals surface area contributed by atoms with Crippen LogP contribution in [-0.2, 0) is 10.0 Å². The molecule has 2 rings (SSSR count). The minimum atomic E-state index is -3.84. The Morgan fingerprint density at radius 3 is 2.67 bits per heavy atom. The molecule has 1 aromatic heterocycles. The number of aromatic amines is 1. The number of hydrogen-bond acceptors (Lipinski definition) is 3. The van der Waals surface area contributed by atoms with Crippen molar-refractivity contribution >= 4 is 20.9 Å². The summed E-state index contributed by atoms with van der Waals surface area (Å²) in [6, 6.07) is 7.01. The first kappa shape index (κ1) is 10.2. The fraction of sp³-hybridized carbons (Fsp3) is 0.111. The molecule has 0 amide bonds. The van der Waals surface area contributed by atoms with Crippen molar-refractivity contribution in [2.24, 2.45) is 0 Å². The van der Waals surface area contributed by atoms with Crippen molar-refractivity contribution in [1.82, 2.24) is 9.87 Å². The van der Waals surface area contributed by atoms with Crippen LogP contribution in [0.25, 0.3) is 10.9 Å². The average molecular weight is 226 g/mol. The van der Waals surface area contributed by atoms with E-state index in [1.165, 1.54) is 4.89 Å². The van der Waals surface area contributed by atoms with Crippen LogP contribution in [0, 0.1) is 6.92 Å². The summed E-state index contributed by atoms with van der Waals surface area (Å²) in [5, 5.41) is 9.16. The molecule has 0 aliphatic rings. The van der Waals surface area contributed by atoms with Crippen molar-refractivity contribution in [2.75, 3.05) is 0 Å². The highest BCUT2D eigenvalue weighted by Crippen LogP contribution is 2.25. The Morgan fingerprint density at radius 1 is 1.33 bits per heavy atom. The number of sulfonamides is 1. The number of fused-ring (bicyclic) bond motifs is 1. The second-order valence-electron chi connectivity index (χ2n) is 3.22. The largest absolute Gasteiger partial charge is 0.357 e. The highest BCUT2D eigenvalue weighted by molar-refractivity contribution is 7.89. The lowest BCUT2D eigenvalue weighted by Gasteiger charge is -2.00. The van der Waals surface area contributed by atoms with Crippen molar-refractivity contribution in [3.63, 3.8) is 0 Å². The summed E-state index contributed by atoms with van der Waals surface area (Å²) < 4.78 is 23.0. The van der Waals surface area contributed by atoms with Gasteiger partial charge in [-0.15, -0.1) is 0 Å². The maximum absolute atomic E-state index is 11.5. The van der Waals surface area contributed by atoms with E-state index in [4.69, 9.17) is 5.21 Å². The van der Waals surface area contributed by atoms with Crippen molar-refractivity contribution in [2.45, 2.75) is 11.8 Å². The molecule has 80 valence electrons. The van der Waals surface area contributed by atoms with Gasteiger partial charge >= 0.3 is 0 Å². The standard InChI is InChI=1S/C9H10N2O3S/c1-6-9(15(13,14)11-12)7-4-2-3-5-8(7)10-6/h2-5,10-12H,1H3. The number of aryl methyl sites for hydroxylation is 1. The first-order valence-electron chi connectivity index (χ1n) is 4.29. The lowest BCUT2D eigenvalue weighted by Crippen LogP contribution is -2.19. The SMILES string of the molecule is Cc1[nH]c2ccccc2c1S(=O)(=O)NO. The Balaban J connectivity index is 2.87. The molecule has 5 nitrogen and oxygen atoms in total. The molecule has 1 aromatic carbocycles. The summed E-state index contributed by atoms with van der Waals surface area (Å²) in [5.41, 5.74) is 1.22. The predicted molar refractivity (Wildman–Crippen MR) is 55.1 cm³/mol. The van der Waals surface area contributed by atoms with Gasteiger partial charge in [0.25, 0.3) is 10.0 Å². The molecular weight excluding hydrogens is 216 g/mol. The highest BCUT2D eigenvalue weighted by Gasteiger charge is 2.20. The van der Waals surface area contributed by atoms with Gasteiger partial charge in [0.2, 0.25) is 0 Å². The van der Waals surface area contributed by atoms with Gasteiger partial charge in [-0.1, -0.05) is 23.1 Å². The van der Waals surface area contributed by atoms with Crippen LogP contribution < -0.4 is 4.89 Å². The first-order chi connectivity index (χ1) is 7.06. The first-order valence-corrected chi connectivity index (χ1v) is 5.78.